The number of aromatic nitrogens is 2. The molecule has 1 fully saturated rings. The molecule has 5 nitrogen and oxygen atoms in total. The summed E-state index contributed by atoms with van der Waals surface area (Å²) in [7, 11) is 0. The van der Waals surface area contributed by atoms with E-state index in [-0.39, 0.29) is 5.91 Å². The molecule has 1 aliphatic rings. The second-order valence-corrected chi connectivity index (χ2v) is 5.10. The van der Waals surface area contributed by atoms with Gasteiger partial charge in [-0.25, -0.2) is 4.98 Å². The molecular weight excluding hydrogens is 228 g/mol. The summed E-state index contributed by atoms with van der Waals surface area (Å²) < 4.78 is 0. The van der Waals surface area contributed by atoms with Crippen LogP contribution in [0.4, 0.5) is 0 Å². The van der Waals surface area contributed by atoms with Gasteiger partial charge in [0.15, 0.2) is 0 Å². The van der Waals surface area contributed by atoms with Gasteiger partial charge in [-0.1, -0.05) is 6.92 Å². The lowest BCUT2D eigenvalue weighted by atomic mass is 9.85. The van der Waals surface area contributed by atoms with E-state index >= 15 is 0 Å². The molecule has 1 aliphatic heterocycles. The predicted octanol–water partition coefficient (Wildman–Crippen LogP) is 1.05. The molecule has 18 heavy (non-hydrogen) atoms. The highest BCUT2D eigenvalue weighted by molar-refractivity contribution is 5.76. The second kappa shape index (κ2) is 6.54. The van der Waals surface area contributed by atoms with Crippen LogP contribution in [-0.4, -0.2) is 29.0 Å². The smallest absolute Gasteiger partial charge is 0.220 e. The molecule has 2 unspecified atom stereocenters. The highest BCUT2D eigenvalue weighted by atomic mass is 16.1. The Morgan fingerprint density at radius 2 is 2.56 bits per heavy atom. The Hall–Kier alpha value is -1.36. The number of carbonyl (C=O) groups excluding carboxylic acids is 1. The Labute approximate surface area is 108 Å². The Morgan fingerprint density at radius 3 is 3.22 bits per heavy atom. The number of nitrogens with zero attached hydrogens (tertiary/aromatic N) is 1. The third-order valence-electron chi connectivity index (χ3n) is 3.65. The van der Waals surface area contributed by atoms with E-state index in [1.807, 2.05) is 0 Å². The maximum Gasteiger partial charge on any atom is 0.220 e. The van der Waals surface area contributed by atoms with Gasteiger partial charge in [0.2, 0.25) is 5.91 Å². The number of hydrogen-bond acceptors (Lipinski definition) is 3. The van der Waals surface area contributed by atoms with Crippen LogP contribution >= 0.6 is 0 Å². The summed E-state index contributed by atoms with van der Waals surface area (Å²) in [5, 5.41) is 6.30. The van der Waals surface area contributed by atoms with E-state index in [0.29, 0.717) is 24.8 Å². The zero-order valence-corrected chi connectivity index (χ0v) is 10.9. The van der Waals surface area contributed by atoms with Crippen molar-refractivity contribution in [2.45, 2.75) is 32.7 Å². The topological polar surface area (TPSA) is 69.8 Å². The lowest BCUT2D eigenvalue weighted by Gasteiger charge is -2.27. The van der Waals surface area contributed by atoms with Crippen LogP contribution in [0, 0.1) is 11.8 Å². The summed E-state index contributed by atoms with van der Waals surface area (Å²) in [6, 6.07) is 0. The molecule has 0 spiro atoms. The van der Waals surface area contributed by atoms with Gasteiger partial charge in [0.25, 0.3) is 0 Å². The van der Waals surface area contributed by atoms with Gasteiger partial charge in [-0.15, -0.1) is 0 Å². The molecule has 100 valence electrons. The molecule has 0 radical (unpaired) electrons. The summed E-state index contributed by atoms with van der Waals surface area (Å²) in [6.45, 7) is 4.83. The van der Waals surface area contributed by atoms with Crippen molar-refractivity contribution in [2.24, 2.45) is 11.8 Å². The fourth-order valence-electron chi connectivity index (χ4n) is 2.47. The van der Waals surface area contributed by atoms with Crippen LogP contribution in [0.25, 0.3) is 0 Å². The number of imidazole rings is 1. The van der Waals surface area contributed by atoms with E-state index in [2.05, 4.69) is 27.5 Å². The number of piperidine rings is 1. The van der Waals surface area contributed by atoms with Crippen molar-refractivity contribution in [3.05, 3.63) is 18.2 Å². The van der Waals surface area contributed by atoms with Crippen LogP contribution in [0.5, 0.6) is 0 Å². The maximum absolute atomic E-state index is 11.8. The number of carbonyl (C=O) groups is 1. The van der Waals surface area contributed by atoms with Crippen LogP contribution in [0.2, 0.25) is 0 Å². The zero-order chi connectivity index (χ0) is 12.8. The second-order valence-electron chi connectivity index (χ2n) is 5.10. The van der Waals surface area contributed by atoms with Gasteiger partial charge >= 0.3 is 0 Å². The summed E-state index contributed by atoms with van der Waals surface area (Å²) in [5.74, 6) is 1.99. The number of rotatable bonds is 5. The van der Waals surface area contributed by atoms with Gasteiger partial charge in [-0.2, -0.15) is 0 Å². The molecule has 5 heteroatoms. The number of nitrogens with one attached hydrogen (secondary N) is 3. The quantitative estimate of drug-likeness (QED) is 0.731. The van der Waals surface area contributed by atoms with Crippen LogP contribution in [0.3, 0.4) is 0 Å². The minimum absolute atomic E-state index is 0.115. The first-order chi connectivity index (χ1) is 8.75. The first-order valence-corrected chi connectivity index (χ1v) is 6.71. The monoisotopic (exact) mass is 250 g/mol. The summed E-state index contributed by atoms with van der Waals surface area (Å²) in [4.78, 5) is 18.9. The lowest BCUT2D eigenvalue weighted by Crippen LogP contribution is -2.35. The largest absolute Gasteiger partial charge is 0.349 e. The number of hydrogen-bond donors (Lipinski definition) is 3. The van der Waals surface area contributed by atoms with Crippen molar-refractivity contribution >= 4 is 5.91 Å². The van der Waals surface area contributed by atoms with Crippen LogP contribution in [-0.2, 0) is 11.3 Å². The van der Waals surface area contributed by atoms with Crippen molar-refractivity contribution in [2.75, 3.05) is 13.1 Å². The Kier molecular flexibility index (Phi) is 4.75. The van der Waals surface area contributed by atoms with Gasteiger partial charge in [0.05, 0.1) is 6.54 Å². The minimum Gasteiger partial charge on any atom is -0.349 e. The zero-order valence-electron chi connectivity index (χ0n) is 10.9. The van der Waals surface area contributed by atoms with Crippen LogP contribution < -0.4 is 10.6 Å². The molecule has 2 heterocycles. The minimum atomic E-state index is 0.115. The van der Waals surface area contributed by atoms with E-state index in [1.54, 1.807) is 12.4 Å². The number of amides is 1. The van der Waals surface area contributed by atoms with Gasteiger partial charge in [0.1, 0.15) is 5.82 Å². The Morgan fingerprint density at radius 1 is 1.67 bits per heavy atom. The average Bonchev–Trinajstić information content (AvgIpc) is 2.90. The summed E-state index contributed by atoms with van der Waals surface area (Å²) in [5.41, 5.74) is 0. The summed E-state index contributed by atoms with van der Waals surface area (Å²) in [6.07, 6.45) is 6.52. The first kappa shape index (κ1) is 13.1. The molecule has 0 saturated carbocycles. The van der Waals surface area contributed by atoms with E-state index in [1.165, 1.54) is 12.8 Å². The molecule has 3 N–H and O–H groups in total. The third-order valence-corrected chi connectivity index (χ3v) is 3.65. The summed E-state index contributed by atoms with van der Waals surface area (Å²) >= 11 is 0. The standard InChI is InChI=1S/C13H22N4O/c1-10(11-3-2-4-14-8-11)7-13(18)17-9-12-15-5-6-16-12/h5-6,10-11,14H,2-4,7-9H2,1H3,(H,15,16)(H,17,18). The molecule has 2 rings (SSSR count). The van der Waals surface area contributed by atoms with Crippen molar-refractivity contribution in [1.29, 1.82) is 0 Å². The molecule has 0 aromatic carbocycles. The van der Waals surface area contributed by atoms with Crippen molar-refractivity contribution in [3.8, 4) is 0 Å². The number of H-pyrrole nitrogens is 1. The van der Waals surface area contributed by atoms with Gasteiger partial charge in [-0.05, 0) is 37.8 Å². The molecule has 1 saturated heterocycles. The van der Waals surface area contributed by atoms with Crippen LogP contribution in [0.1, 0.15) is 32.0 Å². The van der Waals surface area contributed by atoms with E-state index in [4.69, 9.17) is 0 Å². The normalized spacial score (nSPS) is 21.5. The highest BCUT2D eigenvalue weighted by Crippen LogP contribution is 2.22. The van der Waals surface area contributed by atoms with Gasteiger partial charge in [0, 0.05) is 18.8 Å². The first-order valence-electron chi connectivity index (χ1n) is 6.71. The van der Waals surface area contributed by atoms with Crippen molar-refractivity contribution in [1.82, 2.24) is 20.6 Å². The third kappa shape index (κ3) is 3.84. The lowest BCUT2D eigenvalue weighted by molar-refractivity contribution is -0.122. The van der Waals surface area contributed by atoms with Crippen molar-refractivity contribution in [3.63, 3.8) is 0 Å². The SMILES string of the molecule is CC(CC(=O)NCc1ncc[nH]1)C1CCCNC1. The van der Waals surface area contributed by atoms with Crippen LogP contribution in [0.15, 0.2) is 12.4 Å². The Balaban J connectivity index is 1.69. The molecule has 1 aromatic rings. The molecular formula is C13H22N4O. The fraction of sp³-hybridized carbons (Fsp3) is 0.692. The van der Waals surface area contributed by atoms with Gasteiger partial charge in [-0.3, -0.25) is 4.79 Å². The van der Waals surface area contributed by atoms with Crippen molar-refractivity contribution < 1.29 is 4.79 Å². The fourth-order valence-corrected chi connectivity index (χ4v) is 2.47. The molecule has 1 aromatic heterocycles. The number of aromatic amines is 1. The average molecular weight is 250 g/mol. The van der Waals surface area contributed by atoms with Gasteiger partial charge < -0.3 is 15.6 Å². The molecule has 2 atom stereocenters. The Bertz CT molecular complexity index is 357. The van der Waals surface area contributed by atoms with E-state index in [9.17, 15) is 4.79 Å². The predicted molar refractivity (Wildman–Crippen MR) is 69.8 cm³/mol. The maximum atomic E-state index is 11.8. The van der Waals surface area contributed by atoms with E-state index < -0.39 is 0 Å². The molecule has 0 bridgehead atoms. The molecule has 0 aliphatic carbocycles. The molecule has 1 amide bonds. The van der Waals surface area contributed by atoms with E-state index in [0.717, 1.165) is 18.9 Å². The highest BCUT2D eigenvalue weighted by Gasteiger charge is 2.21.